The summed E-state index contributed by atoms with van der Waals surface area (Å²) in [7, 11) is 2.71. The number of ether oxygens (including phenoxy) is 2. The summed E-state index contributed by atoms with van der Waals surface area (Å²) in [6.07, 6.45) is 3.17. The smallest absolute Gasteiger partial charge is 0.286 e. The number of benzene rings is 2. The first-order chi connectivity index (χ1) is 15.9. The third kappa shape index (κ3) is 4.44. The van der Waals surface area contributed by atoms with Gasteiger partial charge in [0.2, 0.25) is 0 Å². The number of carbonyl (C=O) groups excluding carboxylic acids is 1. The Morgan fingerprint density at radius 1 is 1.18 bits per heavy atom. The van der Waals surface area contributed by atoms with Gasteiger partial charge in [-0.2, -0.15) is 0 Å². The van der Waals surface area contributed by atoms with Crippen LogP contribution in [0.2, 0.25) is 0 Å². The van der Waals surface area contributed by atoms with Crippen molar-refractivity contribution in [3.63, 3.8) is 0 Å². The summed E-state index contributed by atoms with van der Waals surface area (Å²) in [6.45, 7) is 0.0421. The van der Waals surface area contributed by atoms with Crippen LogP contribution >= 0.6 is 11.3 Å². The second kappa shape index (κ2) is 9.17. The van der Waals surface area contributed by atoms with Crippen molar-refractivity contribution in [2.75, 3.05) is 19.1 Å². The zero-order valence-corrected chi connectivity index (χ0v) is 18.3. The topological polar surface area (TPSA) is 108 Å². The van der Waals surface area contributed by atoms with Crippen LogP contribution in [0.1, 0.15) is 15.9 Å². The van der Waals surface area contributed by atoms with Gasteiger partial charge in [-0.05, 0) is 29.8 Å². The average Bonchev–Trinajstić information content (AvgIpc) is 3.24. The molecular weight excluding hydrogens is 451 g/mol. The molecule has 0 aliphatic rings. The summed E-state index contributed by atoms with van der Waals surface area (Å²) in [4.78, 5) is 34.6. The van der Waals surface area contributed by atoms with Crippen LogP contribution in [0.3, 0.4) is 0 Å². The van der Waals surface area contributed by atoms with Crippen molar-refractivity contribution < 1.29 is 23.6 Å². The van der Waals surface area contributed by atoms with Crippen LogP contribution in [-0.4, -0.2) is 35.0 Å². The number of carbonyl (C=O) groups is 1. The fourth-order valence-corrected chi connectivity index (χ4v) is 4.23. The van der Waals surface area contributed by atoms with Gasteiger partial charge in [0.25, 0.3) is 11.6 Å². The Morgan fingerprint density at radius 3 is 2.61 bits per heavy atom. The summed E-state index contributed by atoms with van der Waals surface area (Å²) in [6, 6.07) is 10.00. The minimum Gasteiger partial charge on any atom is -0.493 e. The van der Waals surface area contributed by atoms with Crippen LogP contribution in [0.4, 0.5) is 15.2 Å². The van der Waals surface area contributed by atoms with Gasteiger partial charge in [-0.3, -0.25) is 24.8 Å². The summed E-state index contributed by atoms with van der Waals surface area (Å²) < 4.78 is 24.6. The molecule has 9 nitrogen and oxygen atoms in total. The maximum atomic E-state index is 13.7. The molecule has 0 fully saturated rings. The highest BCUT2D eigenvalue weighted by molar-refractivity contribution is 7.22. The largest absolute Gasteiger partial charge is 0.493 e. The number of halogens is 1. The van der Waals surface area contributed by atoms with E-state index < -0.39 is 22.3 Å². The van der Waals surface area contributed by atoms with Crippen LogP contribution in [0.5, 0.6) is 11.5 Å². The van der Waals surface area contributed by atoms with Gasteiger partial charge in [-0.1, -0.05) is 17.4 Å². The molecule has 0 radical (unpaired) electrons. The number of aromatic nitrogens is 2. The molecule has 0 aliphatic heterocycles. The van der Waals surface area contributed by atoms with Gasteiger partial charge in [-0.25, -0.2) is 9.37 Å². The second-order valence-corrected chi connectivity index (χ2v) is 7.85. The average molecular weight is 468 g/mol. The Balaban J connectivity index is 1.86. The minimum atomic E-state index is -0.675. The van der Waals surface area contributed by atoms with Gasteiger partial charge in [-0.15, -0.1) is 0 Å². The van der Waals surface area contributed by atoms with E-state index in [-0.39, 0.29) is 28.7 Å². The Morgan fingerprint density at radius 2 is 1.94 bits per heavy atom. The molecule has 0 bridgehead atoms. The van der Waals surface area contributed by atoms with E-state index in [0.717, 1.165) is 17.4 Å². The van der Waals surface area contributed by atoms with E-state index in [1.165, 1.54) is 43.4 Å². The number of nitro benzene ring substituents is 1. The predicted molar refractivity (Wildman–Crippen MR) is 121 cm³/mol. The van der Waals surface area contributed by atoms with Gasteiger partial charge in [0.05, 0.1) is 42.0 Å². The Labute approximate surface area is 191 Å². The fraction of sp³-hybridized carbons (Fsp3) is 0.136. The van der Waals surface area contributed by atoms with E-state index in [1.807, 2.05) is 0 Å². The van der Waals surface area contributed by atoms with Crippen molar-refractivity contribution in [1.29, 1.82) is 0 Å². The molecule has 2 aromatic heterocycles. The summed E-state index contributed by atoms with van der Waals surface area (Å²) in [5.74, 6) is -0.821. The number of hydrogen-bond donors (Lipinski definition) is 0. The van der Waals surface area contributed by atoms with Crippen molar-refractivity contribution in [3.8, 4) is 11.5 Å². The standard InChI is InChI=1S/C22H17FN4O5S/c1-31-18-9-15(17(27(29)30)10-19(18)32-2)21(28)26(12-13-4-3-7-24-11-13)22-25-16-6-5-14(23)8-20(16)33-22/h3-11H,12H2,1-2H3. The molecule has 0 aliphatic carbocycles. The zero-order chi connectivity index (χ0) is 23.5. The van der Waals surface area contributed by atoms with E-state index in [1.54, 1.807) is 24.5 Å². The minimum absolute atomic E-state index is 0.0421. The molecule has 4 rings (SSSR count). The number of fused-ring (bicyclic) bond motifs is 1. The first kappa shape index (κ1) is 22.1. The van der Waals surface area contributed by atoms with Gasteiger partial charge >= 0.3 is 0 Å². The summed E-state index contributed by atoms with van der Waals surface area (Å²) in [5.41, 5.74) is 0.537. The van der Waals surface area contributed by atoms with Crippen molar-refractivity contribution in [2.45, 2.75) is 6.54 Å². The quantitative estimate of drug-likeness (QED) is 0.288. The van der Waals surface area contributed by atoms with E-state index in [0.29, 0.717) is 15.8 Å². The second-order valence-electron chi connectivity index (χ2n) is 6.84. The SMILES string of the molecule is COc1cc(C(=O)N(Cc2cccnc2)c2nc3ccc(F)cc3s2)c([N+](=O)[O-])cc1OC. The number of methoxy groups -OCH3 is 2. The highest BCUT2D eigenvalue weighted by Crippen LogP contribution is 2.37. The first-order valence-corrected chi connectivity index (χ1v) is 10.4. The molecule has 0 N–H and O–H groups in total. The number of amides is 1. The van der Waals surface area contributed by atoms with Crippen molar-refractivity contribution in [3.05, 3.63) is 81.9 Å². The Bertz CT molecular complexity index is 1350. The van der Waals surface area contributed by atoms with E-state index in [9.17, 15) is 19.3 Å². The van der Waals surface area contributed by atoms with Gasteiger partial charge in [0.15, 0.2) is 16.6 Å². The van der Waals surface area contributed by atoms with Crippen LogP contribution in [0, 0.1) is 15.9 Å². The summed E-state index contributed by atoms with van der Waals surface area (Å²) >= 11 is 1.10. The monoisotopic (exact) mass is 468 g/mol. The van der Waals surface area contributed by atoms with Gasteiger partial charge in [0.1, 0.15) is 11.4 Å². The van der Waals surface area contributed by atoms with E-state index in [2.05, 4.69) is 9.97 Å². The number of nitro groups is 1. The lowest BCUT2D eigenvalue weighted by Crippen LogP contribution is -2.31. The van der Waals surface area contributed by atoms with Crippen molar-refractivity contribution in [1.82, 2.24) is 9.97 Å². The normalized spacial score (nSPS) is 10.8. The molecule has 1 amide bonds. The van der Waals surface area contributed by atoms with E-state index in [4.69, 9.17) is 9.47 Å². The van der Waals surface area contributed by atoms with Crippen molar-refractivity contribution >= 4 is 38.3 Å². The lowest BCUT2D eigenvalue weighted by molar-refractivity contribution is -0.385. The maximum absolute atomic E-state index is 13.7. The maximum Gasteiger partial charge on any atom is 0.286 e. The molecule has 11 heteroatoms. The molecule has 0 atom stereocenters. The Hall–Kier alpha value is -4.12. The fourth-order valence-electron chi connectivity index (χ4n) is 3.24. The molecule has 2 heterocycles. The van der Waals surface area contributed by atoms with Crippen LogP contribution < -0.4 is 14.4 Å². The highest BCUT2D eigenvalue weighted by Gasteiger charge is 2.30. The number of nitrogens with zero attached hydrogens (tertiary/aromatic N) is 4. The number of pyridine rings is 1. The lowest BCUT2D eigenvalue weighted by atomic mass is 10.1. The molecule has 168 valence electrons. The lowest BCUT2D eigenvalue weighted by Gasteiger charge is -2.20. The predicted octanol–water partition coefficient (Wildman–Crippen LogP) is 4.60. The first-order valence-electron chi connectivity index (χ1n) is 9.58. The van der Waals surface area contributed by atoms with Gasteiger partial charge in [0, 0.05) is 18.5 Å². The zero-order valence-electron chi connectivity index (χ0n) is 17.5. The highest BCUT2D eigenvalue weighted by atomic mass is 32.1. The molecule has 0 spiro atoms. The number of thiazole rings is 1. The van der Waals surface area contributed by atoms with Crippen LogP contribution in [-0.2, 0) is 6.54 Å². The van der Waals surface area contributed by atoms with Crippen LogP contribution in [0.25, 0.3) is 10.2 Å². The summed E-state index contributed by atoms with van der Waals surface area (Å²) in [5, 5.41) is 12.0. The number of hydrogen-bond acceptors (Lipinski definition) is 8. The Kier molecular flexibility index (Phi) is 6.13. The number of rotatable bonds is 7. The molecule has 0 saturated carbocycles. The van der Waals surface area contributed by atoms with Crippen LogP contribution in [0.15, 0.2) is 54.9 Å². The molecule has 4 aromatic rings. The number of anilines is 1. The molecule has 0 saturated heterocycles. The van der Waals surface area contributed by atoms with Gasteiger partial charge < -0.3 is 9.47 Å². The molecule has 2 aromatic carbocycles. The molecular formula is C22H17FN4O5S. The third-order valence-corrected chi connectivity index (χ3v) is 5.85. The third-order valence-electron chi connectivity index (χ3n) is 4.81. The molecule has 33 heavy (non-hydrogen) atoms. The van der Waals surface area contributed by atoms with Crippen molar-refractivity contribution in [2.24, 2.45) is 0 Å². The molecule has 0 unspecified atom stereocenters. The van der Waals surface area contributed by atoms with E-state index >= 15 is 0 Å².